The number of para-hydroxylation sites is 1. The van der Waals surface area contributed by atoms with E-state index in [1.807, 2.05) is 49.5 Å². The fraction of sp³-hybridized carbons (Fsp3) is 0.211. The van der Waals surface area contributed by atoms with Crippen LogP contribution in [0.3, 0.4) is 0 Å². The maximum Gasteiger partial charge on any atom is 0.266 e. The molecule has 0 aromatic heterocycles. The van der Waals surface area contributed by atoms with Crippen LogP contribution in [-0.4, -0.2) is 36.8 Å². The standard InChI is InChI=1S/C19H19ClN2O3S/c1-21-19-22(14-5-3-2-4-6-14)18(24)17(26-19)12-13-7-8-16(15(20)11-13)25-10-9-23/h2-8,11-12,19,21,23H,9-10H2,1H3/b17-12-. The molecule has 7 heteroatoms. The quantitative estimate of drug-likeness (QED) is 0.741. The second-order valence-corrected chi connectivity index (χ2v) is 7.07. The maximum atomic E-state index is 12.9. The minimum atomic E-state index is -0.168. The Kier molecular flexibility index (Phi) is 6.21. The molecule has 5 nitrogen and oxygen atoms in total. The number of halogens is 1. The van der Waals surface area contributed by atoms with Gasteiger partial charge in [-0.15, -0.1) is 0 Å². The van der Waals surface area contributed by atoms with Gasteiger partial charge in [0.25, 0.3) is 5.91 Å². The second-order valence-electron chi connectivity index (χ2n) is 5.54. The molecule has 0 aliphatic carbocycles. The van der Waals surface area contributed by atoms with Gasteiger partial charge in [-0.2, -0.15) is 0 Å². The van der Waals surface area contributed by atoms with Crippen molar-refractivity contribution in [3.05, 3.63) is 64.0 Å². The third-order valence-corrected chi connectivity index (χ3v) is 5.30. The highest BCUT2D eigenvalue weighted by Crippen LogP contribution is 2.38. The van der Waals surface area contributed by atoms with Crippen molar-refractivity contribution in [2.75, 3.05) is 25.2 Å². The lowest BCUT2D eigenvalue weighted by Gasteiger charge is -2.22. The number of ether oxygens (including phenoxy) is 1. The molecule has 1 atom stereocenters. The number of thioether (sulfide) groups is 1. The Balaban J connectivity index is 1.85. The second kappa shape index (κ2) is 8.60. The van der Waals surface area contributed by atoms with Gasteiger partial charge in [-0.1, -0.05) is 47.6 Å². The van der Waals surface area contributed by atoms with Crippen LogP contribution in [0.5, 0.6) is 5.75 Å². The predicted molar refractivity (Wildman–Crippen MR) is 106 cm³/mol. The van der Waals surface area contributed by atoms with Crippen LogP contribution in [0.15, 0.2) is 53.4 Å². The van der Waals surface area contributed by atoms with E-state index in [0.717, 1.165) is 11.3 Å². The lowest BCUT2D eigenvalue weighted by Crippen LogP contribution is -2.40. The highest BCUT2D eigenvalue weighted by Gasteiger charge is 2.36. The normalized spacial score (nSPS) is 18.6. The average molecular weight is 391 g/mol. The summed E-state index contributed by atoms with van der Waals surface area (Å²) in [5.41, 5.74) is 1.49. The summed E-state index contributed by atoms with van der Waals surface area (Å²) in [4.78, 5) is 15.2. The van der Waals surface area contributed by atoms with Crippen LogP contribution in [-0.2, 0) is 4.79 Å². The van der Waals surface area contributed by atoms with Crippen LogP contribution < -0.4 is 15.0 Å². The number of amides is 1. The number of carbonyl (C=O) groups excluding carboxylic acids is 1. The first-order chi connectivity index (χ1) is 12.6. The highest BCUT2D eigenvalue weighted by molar-refractivity contribution is 8.05. The lowest BCUT2D eigenvalue weighted by molar-refractivity contribution is -0.114. The molecule has 26 heavy (non-hydrogen) atoms. The van der Waals surface area contributed by atoms with Gasteiger partial charge in [0.1, 0.15) is 17.9 Å². The van der Waals surface area contributed by atoms with E-state index in [1.54, 1.807) is 17.0 Å². The van der Waals surface area contributed by atoms with Gasteiger partial charge in [0.15, 0.2) is 0 Å². The Morgan fingerprint density at radius 3 is 2.73 bits per heavy atom. The number of carbonyl (C=O) groups is 1. The molecule has 0 radical (unpaired) electrons. The molecule has 2 aromatic carbocycles. The Bertz CT molecular complexity index is 814. The number of aliphatic hydroxyl groups excluding tert-OH is 1. The summed E-state index contributed by atoms with van der Waals surface area (Å²) in [5.74, 6) is 0.449. The van der Waals surface area contributed by atoms with Crippen molar-refractivity contribution in [3.63, 3.8) is 0 Å². The first-order valence-corrected chi connectivity index (χ1v) is 9.37. The molecule has 1 aliphatic heterocycles. The average Bonchev–Trinajstić information content (AvgIpc) is 2.97. The van der Waals surface area contributed by atoms with Gasteiger partial charge in [0, 0.05) is 5.69 Å². The van der Waals surface area contributed by atoms with Crippen LogP contribution in [0, 0.1) is 0 Å². The van der Waals surface area contributed by atoms with Crippen LogP contribution in [0.1, 0.15) is 5.56 Å². The van der Waals surface area contributed by atoms with E-state index in [2.05, 4.69) is 5.32 Å². The van der Waals surface area contributed by atoms with Crippen LogP contribution >= 0.6 is 23.4 Å². The fourth-order valence-electron chi connectivity index (χ4n) is 2.60. The highest BCUT2D eigenvalue weighted by atomic mass is 35.5. The van der Waals surface area contributed by atoms with Gasteiger partial charge >= 0.3 is 0 Å². The van der Waals surface area contributed by atoms with Crippen LogP contribution in [0.4, 0.5) is 5.69 Å². The van der Waals surface area contributed by atoms with E-state index < -0.39 is 0 Å². The predicted octanol–water partition coefficient (Wildman–Crippen LogP) is 3.34. The van der Waals surface area contributed by atoms with Gasteiger partial charge < -0.3 is 9.84 Å². The fourth-order valence-corrected chi connectivity index (χ4v) is 3.93. The number of hydrogen-bond donors (Lipinski definition) is 2. The molecule has 3 rings (SSSR count). The van der Waals surface area contributed by atoms with Crippen molar-refractivity contribution in [2.45, 2.75) is 5.50 Å². The van der Waals surface area contributed by atoms with Crippen molar-refractivity contribution in [1.82, 2.24) is 5.32 Å². The monoisotopic (exact) mass is 390 g/mol. The SMILES string of the molecule is CNC1S/C(=C\c2ccc(OCCO)c(Cl)c2)C(=O)N1c1ccccc1. The third-order valence-electron chi connectivity index (χ3n) is 3.79. The number of hydrogen-bond acceptors (Lipinski definition) is 5. The Morgan fingerprint density at radius 2 is 2.08 bits per heavy atom. The summed E-state index contributed by atoms with van der Waals surface area (Å²) in [6.45, 7) is 0.110. The smallest absolute Gasteiger partial charge is 0.266 e. The molecule has 2 N–H and O–H groups in total. The summed E-state index contributed by atoms with van der Waals surface area (Å²) in [6.07, 6.45) is 1.82. The number of nitrogens with one attached hydrogen (secondary N) is 1. The van der Waals surface area contributed by atoms with E-state index in [0.29, 0.717) is 15.7 Å². The van der Waals surface area contributed by atoms with Crippen LogP contribution in [0.2, 0.25) is 5.02 Å². The van der Waals surface area contributed by atoms with Gasteiger partial charge in [0.2, 0.25) is 0 Å². The van der Waals surface area contributed by atoms with Crippen molar-refractivity contribution < 1.29 is 14.6 Å². The summed E-state index contributed by atoms with van der Waals surface area (Å²) >= 11 is 7.68. The first kappa shape index (κ1) is 18.8. The molecule has 1 unspecified atom stereocenters. The number of anilines is 1. The molecular formula is C19H19ClN2O3S. The summed E-state index contributed by atoms with van der Waals surface area (Å²) < 4.78 is 5.35. The zero-order valence-corrected chi connectivity index (χ0v) is 15.8. The Morgan fingerprint density at radius 1 is 1.31 bits per heavy atom. The number of benzene rings is 2. The zero-order valence-electron chi connectivity index (χ0n) is 14.2. The topological polar surface area (TPSA) is 61.8 Å². The molecule has 0 bridgehead atoms. The lowest BCUT2D eigenvalue weighted by atomic mass is 10.2. The summed E-state index contributed by atoms with van der Waals surface area (Å²) in [7, 11) is 1.83. The molecular weight excluding hydrogens is 372 g/mol. The number of aliphatic hydroxyl groups is 1. The molecule has 1 heterocycles. The molecule has 136 valence electrons. The number of nitrogens with zero attached hydrogens (tertiary/aromatic N) is 1. The zero-order chi connectivity index (χ0) is 18.5. The molecule has 1 fully saturated rings. The van der Waals surface area contributed by atoms with Crippen LogP contribution in [0.25, 0.3) is 6.08 Å². The minimum absolute atomic E-state index is 0.0581. The molecule has 0 saturated carbocycles. The summed E-state index contributed by atoms with van der Waals surface area (Å²) in [6, 6.07) is 14.9. The van der Waals surface area contributed by atoms with Gasteiger partial charge in [0.05, 0.1) is 16.5 Å². The molecule has 0 spiro atoms. The maximum absolute atomic E-state index is 12.9. The molecule has 2 aromatic rings. The van der Waals surface area contributed by atoms with Crippen molar-refractivity contribution in [2.24, 2.45) is 0 Å². The number of rotatable bonds is 6. The minimum Gasteiger partial charge on any atom is -0.490 e. The van der Waals surface area contributed by atoms with Crippen molar-refractivity contribution in [1.29, 1.82) is 0 Å². The Hall–Kier alpha value is -1.99. The van der Waals surface area contributed by atoms with Gasteiger partial charge in [-0.3, -0.25) is 15.0 Å². The molecule has 1 saturated heterocycles. The summed E-state index contributed by atoms with van der Waals surface area (Å²) in [5, 5.41) is 12.4. The van der Waals surface area contributed by atoms with E-state index in [1.165, 1.54) is 11.8 Å². The molecule has 1 aliphatic rings. The van der Waals surface area contributed by atoms with Crippen molar-refractivity contribution >= 4 is 41.0 Å². The Labute approximate surface area is 161 Å². The largest absolute Gasteiger partial charge is 0.490 e. The molecule has 1 amide bonds. The third kappa shape index (κ3) is 4.04. The van der Waals surface area contributed by atoms with E-state index >= 15 is 0 Å². The van der Waals surface area contributed by atoms with E-state index in [-0.39, 0.29) is 24.6 Å². The van der Waals surface area contributed by atoms with E-state index in [9.17, 15) is 4.79 Å². The van der Waals surface area contributed by atoms with Gasteiger partial charge in [-0.05, 0) is 43.0 Å². The first-order valence-electron chi connectivity index (χ1n) is 8.11. The van der Waals surface area contributed by atoms with Gasteiger partial charge in [-0.25, -0.2) is 0 Å². The van der Waals surface area contributed by atoms with Crippen molar-refractivity contribution in [3.8, 4) is 5.75 Å². The van der Waals surface area contributed by atoms with E-state index in [4.69, 9.17) is 21.4 Å².